The molecule has 0 N–H and O–H groups in total. The molecule has 0 saturated heterocycles. The Hall–Kier alpha value is -1.78. The molecule has 0 fully saturated rings. The summed E-state index contributed by atoms with van der Waals surface area (Å²) in [6.07, 6.45) is 0.843. The first-order chi connectivity index (χ1) is 10.6. The fraction of sp³-hybridized carbons (Fsp3) is 0.250. The first-order valence-electron chi connectivity index (χ1n) is 6.79. The Labute approximate surface area is 139 Å². The van der Waals surface area contributed by atoms with E-state index in [2.05, 4.69) is 4.98 Å². The summed E-state index contributed by atoms with van der Waals surface area (Å²) in [6, 6.07) is 12.6. The molecule has 0 aliphatic heterocycles. The summed E-state index contributed by atoms with van der Waals surface area (Å²) in [6.45, 7) is 0.465. The van der Waals surface area contributed by atoms with Gasteiger partial charge in [-0.2, -0.15) is 0 Å². The van der Waals surface area contributed by atoms with Crippen molar-refractivity contribution in [2.45, 2.75) is 19.4 Å². The maximum atomic E-state index is 11.6. The van der Waals surface area contributed by atoms with Crippen LogP contribution >= 0.6 is 23.2 Å². The quantitative estimate of drug-likeness (QED) is 0.429. The minimum absolute atomic E-state index is 0.0117. The van der Waals surface area contributed by atoms with Gasteiger partial charge in [-0.3, -0.25) is 4.79 Å². The van der Waals surface area contributed by atoms with Crippen molar-refractivity contribution < 1.29 is 14.3 Å². The number of carbonyl (C=O) groups excluding carboxylic acids is 1. The van der Waals surface area contributed by atoms with Crippen LogP contribution in [-0.4, -0.2) is 17.6 Å². The van der Waals surface area contributed by atoms with Crippen LogP contribution in [0.25, 0.3) is 0 Å². The number of hydrogen-bond acceptors (Lipinski definition) is 4. The van der Waals surface area contributed by atoms with Gasteiger partial charge in [0.2, 0.25) is 0 Å². The number of ether oxygens (including phenoxy) is 2. The van der Waals surface area contributed by atoms with Crippen molar-refractivity contribution in [3.63, 3.8) is 0 Å². The zero-order valence-electron chi connectivity index (χ0n) is 11.8. The zero-order valence-corrected chi connectivity index (χ0v) is 13.3. The molecule has 0 saturated carbocycles. The van der Waals surface area contributed by atoms with E-state index < -0.39 is 0 Å². The Morgan fingerprint density at radius 3 is 2.64 bits per heavy atom. The molecule has 1 heterocycles. The van der Waals surface area contributed by atoms with Crippen molar-refractivity contribution in [2.24, 2.45) is 0 Å². The van der Waals surface area contributed by atoms with Gasteiger partial charge in [-0.05, 0) is 30.7 Å². The lowest BCUT2D eigenvalue weighted by Gasteiger charge is -2.07. The van der Waals surface area contributed by atoms with Crippen LogP contribution in [0, 0.1) is 0 Å². The number of halogens is 2. The normalized spacial score (nSPS) is 10.3. The van der Waals surface area contributed by atoms with Crippen molar-refractivity contribution in [2.75, 3.05) is 6.61 Å². The van der Waals surface area contributed by atoms with E-state index in [1.807, 2.05) is 30.3 Å². The predicted octanol–water partition coefficient (Wildman–Crippen LogP) is 4.29. The molecule has 0 radical (unpaired) electrons. The van der Waals surface area contributed by atoms with Gasteiger partial charge in [-0.1, -0.05) is 41.4 Å². The molecule has 6 heteroatoms. The highest BCUT2D eigenvalue weighted by atomic mass is 35.5. The minimum atomic E-state index is -0.325. The number of para-hydroxylation sites is 1. The van der Waals surface area contributed by atoms with Crippen molar-refractivity contribution in [1.29, 1.82) is 0 Å². The van der Waals surface area contributed by atoms with Crippen molar-refractivity contribution in [3.8, 4) is 5.75 Å². The summed E-state index contributed by atoms with van der Waals surface area (Å²) >= 11 is 11.7. The Balaban J connectivity index is 1.67. The first-order valence-corrected chi connectivity index (χ1v) is 7.55. The summed E-state index contributed by atoms with van der Waals surface area (Å²) in [5.41, 5.74) is 0.447. The molecular weight excluding hydrogens is 325 g/mol. The smallest absolute Gasteiger partial charge is 0.306 e. The molecular formula is C16H15Cl2NO3. The topological polar surface area (TPSA) is 48.4 Å². The monoisotopic (exact) mass is 339 g/mol. The average molecular weight is 340 g/mol. The standard InChI is InChI=1S/C16H15Cl2NO3/c17-13-8-9-15(18)19-14(13)11-22-16(20)7-4-10-21-12-5-2-1-3-6-12/h1-3,5-6,8-9H,4,7,10-11H2. The van der Waals surface area contributed by atoms with E-state index in [-0.39, 0.29) is 19.0 Å². The molecule has 0 atom stereocenters. The molecule has 0 amide bonds. The fourth-order valence-electron chi connectivity index (χ4n) is 1.70. The first kappa shape index (κ1) is 16.6. The van der Waals surface area contributed by atoms with E-state index in [0.717, 1.165) is 5.75 Å². The van der Waals surface area contributed by atoms with Crippen molar-refractivity contribution in [1.82, 2.24) is 4.98 Å². The van der Waals surface area contributed by atoms with Crippen LogP contribution in [-0.2, 0) is 16.1 Å². The average Bonchev–Trinajstić information content (AvgIpc) is 2.53. The van der Waals surface area contributed by atoms with E-state index in [1.54, 1.807) is 12.1 Å². The number of pyridine rings is 1. The second-order valence-corrected chi connectivity index (χ2v) is 5.28. The highest BCUT2D eigenvalue weighted by molar-refractivity contribution is 6.32. The number of carbonyl (C=O) groups is 1. The number of hydrogen-bond donors (Lipinski definition) is 0. The summed E-state index contributed by atoms with van der Waals surface area (Å²) in [5, 5.41) is 0.733. The molecule has 1 aromatic heterocycles. The SMILES string of the molecule is O=C(CCCOc1ccccc1)OCc1nc(Cl)ccc1Cl. The maximum Gasteiger partial charge on any atom is 0.306 e. The summed E-state index contributed by atoms with van der Waals surface area (Å²) in [4.78, 5) is 15.7. The molecule has 0 aliphatic carbocycles. The van der Waals surface area contributed by atoms with Gasteiger partial charge < -0.3 is 9.47 Å². The minimum Gasteiger partial charge on any atom is -0.494 e. The number of benzene rings is 1. The Morgan fingerprint density at radius 2 is 1.86 bits per heavy atom. The second kappa shape index (κ2) is 8.61. The van der Waals surface area contributed by atoms with Gasteiger partial charge in [0, 0.05) is 6.42 Å². The molecule has 22 heavy (non-hydrogen) atoms. The molecule has 0 bridgehead atoms. The van der Waals surface area contributed by atoms with E-state index in [9.17, 15) is 4.79 Å². The summed E-state index contributed by atoms with van der Waals surface area (Å²) in [7, 11) is 0. The second-order valence-electron chi connectivity index (χ2n) is 4.49. The number of nitrogens with zero attached hydrogens (tertiary/aromatic N) is 1. The van der Waals surface area contributed by atoms with Crippen LogP contribution in [0.5, 0.6) is 5.75 Å². The Morgan fingerprint density at radius 1 is 1.09 bits per heavy atom. The Kier molecular flexibility index (Phi) is 6.49. The highest BCUT2D eigenvalue weighted by Gasteiger charge is 2.08. The van der Waals surface area contributed by atoms with Gasteiger partial charge in [-0.15, -0.1) is 0 Å². The molecule has 2 aromatic rings. The van der Waals surface area contributed by atoms with E-state index in [0.29, 0.717) is 28.9 Å². The van der Waals surface area contributed by atoms with Crippen molar-refractivity contribution >= 4 is 29.2 Å². The Bertz CT molecular complexity index is 620. The molecule has 2 rings (SSSR count). The van der Waals surface area contributed by atoms with Gasteiger partial charge in [0.05, 0.1) is 17.3 Å². The number of esters is 1. The van der Waals surface area contributed by atoms with Crippen LogP contribution < -0.4 is 4.74 Å². The van der Waals surface area contributed by atoms with Crippen LogP contribution in [0.2, 0.25) is 10.2 Å². The predicted molar refractivity (Wildman–Crippen MR) is 85.2 cm³/mol. The summed E-state index contributed by atoms with van der Waals surface area (Å²) in [5.74, 6) is 0.459. The number of aromatic nitrogens is 1. The lowest BCUT2D eigenvalue weighted by Crippen LogP contribution is -2.08. The zero-order chi connectivity index (χ0) is 15.8. The van der Waals surface area contributed by atoms with Gasteiger partial charge in [0.1, 0.15) is 17.5 Å². The third-order valence-corrected chi connectivity index (χ3v) is 3.35. The van der Waals surface area contributed by atoms with Crippen LogP contribution in [0.15, 0.2) is 42.5 Å². The van der Waals surface area contributed by atoms with E-state index >= 15 is 0 Å². The lowest BCUT2D eigenvalue weighted by atomic mass is 10.3. The van der Waals surface area contributed by atoms with Crippen LogP contribution in [0.4, 0.5) is 0 Å². The van der Waals surface area contributed by atoms with Crippen molar-refractivity contribution in [3.05, 3.63) is 58.3 Å². The van der Waals surface area contributed by atoms with Gasteiger partial charge >= 0.3 is 5.97 Å². The molecule has 0 unspecified atom stereocenters. The molecule has 0 spiro atoms. The molecule has 0 aliphatic rings. The third kappa shape index (κ3) is 5.54. The largest absolute Gasteiger partial charge is 0.494 e. The maximum absolute atomic E-state index is 11.6. The summed E-state index contributed by atoms with van der Waals surface area (Å²) < 4.78 is 10.6. The molecule has 1 aromatic carbocycles. The van der Waals surface area contributed by atoms with Crippen LogP contribution in [0.3, 0.4) is 0 Å². The molecule has 4 nitrogen and oxygen atoms in total. The highest BCUT2D eigenvalue weighted by Crippen LogP contribution is 2.17. The fourth-order valence-corrected chi connectivity index (χ4v) is 2.03. The third-order valence-electron chi connectivity index (χ3n) is 2.79. The number of rotatable bonds is 7. The van der Waals surface area contributed by atoms with Gasteiger partial charge in [-0.25, -0.2) is 4.98 Å². The van der Waals surface area contributed by atoms with E-state index in [1.165, 1.54) is 0 Å². The van der Waals surface area contributed by atoms with Gasteiger partial charge in [0.15, 0.2) is 0 Å². The van der Waals surface area contributed by atoms with E-state index in [4.69, 9.17) is 32.7 Å². The van der Waals surface area contributed by atoms with Crippen LogP contribution in [0.1, 0.15) is 18.5 Å². The molecule has 116 valence electrons. The van der Waals surface area contributed by atoms with Gasteiger partial charge in [0.25, 0.3) is 0 Å². The lowest BCUT2D eigenvalue weighted by molar-refractivity contribution is -0.145.